The van der Waals surface area contributed by atoms with E-state index >= 15 is 0 Å². The molecule has 6 nitrogen and oxygen atoms in total. The highest BCUT2D eigenvalue weighted by atomic mass is 32.1. The van der Waals surface area contributed by atoms with Gasteiger partial charge in [-0.2, -0.15) is 5.10 Å². The molecule has 2 aromatic carbocycles. The Hall–Kier alpha value is -3.19. The van der Waals surface area contributed by atoms with Crippen molar-refractivity contribution in [1.82, 2.24) is 14.8 Å². The van der Waals surface area contributed by atoms with Gasteiger partial charge >= 0.3 is 6.03 Å². The Morgan fingerprint density at radius 1 is 1.04 bits per heavy atom. The lowest BCUT2D eigenvalue weighted by Gasteiger charge is -2.06. The fourth-order valence-electron chi connectivity index (χ4n) is 2.75. The summed E-state index contributed by atoms with van der Waals surface area (Å²) in [6.07, 6.45) is 0. The van der Waals surface area contributed by atoms with Crippen molar-refractivity contribution in [3.05, 3.63) is 59.8 Å². The van der Waals surface area contributed by atoms with E-state index in [4.69, 9.17) is 0 Å². The van der Waals surface area contributed by atoms with E-state index < -0.39 is 0 Å². The third-order valence-corrected chi connectivity index (χ3v) is 5.36. The molecule has 2 aromatic heterocycles. The van der Waals surface area contributed by atoms with Crippen LogP contribution < -0.4 is 10.6 Å². The zero-order valence-electron chi connectivity index (χ0n) is 15.3. The first-order valence-electron chi connectivity index (χ1n) is 8.54. The number of anilines is 2. The summed E-state index contributed by atoms with van der Waals surface area (Å²) in [6.45, 7) is 4.01. The van der Waals surface area contributed by atoms with Crippen LogP contribution in [0.15, 0.2) is 48.5 Å². The van der Waals surface area contributed by atoms with Gasteiger partial charge in [-0.1, -0.05) is 6.07 Å². The summed E-state index contributed by atoms with van der Waals surface area (Å²) in [5.41, 5.74) is 4.95. The quantitative estimate of drug-likeness (QED) is 0.530. The van der Waals surface area contributed by atoms with Crippen LogP contribution in [0.2, 0.25) is 0 Å². The van der Waals surface area contributed by atoms with Crippen molar-refractivity contribution in [1.29, 1.82) is 0 Å². The number of nitrogens with zero attached hydrogens (tertiary/aromatic N) is 3. The van der Waals surface area contributed by atoms with Crippen LogP contribution in [0.3, 0.4) is 0 Å². The number of carbonyl (C=O) groups excluding carboxylic acids is 1. The van der Waals surface area contributed by atoms with E-state index in [-0.39, 0.29) is 6.03 Å². The number of amides is 2. The molecule has 2 amide bonds. The molecule has 4 rings (SSSR count). The topological polar surface area (TPSA) is 71.8 Å². The minimum atomic E-state index is -0.323. The molecule has 0 unspecified atom stereocenters. The summed E-state index contributed by atoms with van der Waals surface area (Å²) in [4.78, 5) is 16.8. The van der Waals surface area contributed by atoms with Gasteiger partial charge < -0.3 is 5.32 Å². The molecule has 0 saturated carbocycles. The van der Waals surface area contributed by atoms with Crippen molar-refractivity contribution in [3.63, 3.8) is 0 Å². The summed E-state index contributed by atoms with van der Waals surface area (Å²) in [6, 6.07) is 15.4. The number of nitrogens with one attached hydrogen (secondary N) is 2. The lowest BCUT2D eigenvalue weighted by molar-refractivity contribution is 0.262. The maximum absolute atomic E-state index is 12.1. The molecular formula is C20H19N5OS. The van der Waals surface area contributed by atoms with Gasteiger partial charge in [0, 0.05) is 30.1 Å². The van der Waals surface area contributed by atoms with Crippen LogP contribution in [0.25, 0.3) is 20.8 Å². The van der Waals surface area contributed by atoms with Gasteiger partial charge in [0.2, 0.25) is 0 Å². The van der Waals surface area contributed by atoms with Gasteiger partial charge in [-0.05, 0) is 55.8 Å². The number of aryl methyl sites for hydroxylation is 3. The van der Waals surface area contributed by atoms with E-state index in [1.807, 2.05) is 50.4 Å². The fourth-order valence-corrected chi connectivity index (χ4v) is 3.82. The zero-order valence-corrected chi connectivity index (χ0v) is 16.1. The number of rotatable bonds is 3. The molecule has 0 aliphatic heterocycles. The molecule has 0 atom stereocenters. The fraction of sp³-hybridized carbons (Fsp3) is 0.150. The first-order chi connectivity index (χ1) is 13.0. The zero-order chi connectivity index (χ0) is 19.0. The maximum Gasteiger partial charge on any atom is 0.324 e. The third-order valence-electron chi connectivity index (χ3n) is 4.29. The summed E-state index contributed by atoms with van der Waals surface area (Å²) >= 11 is 1.67. The van der Waals surface area contributed by atoms with E-state index in [0.717, 1.165) is 21.8 Å². The molecule has 4 aromatic rings. The highest BCUT2D eigenvalue weighted by Gasteiger charge is 2.09. The van der Waals surface area contributed by atoms with Gasteiger partial charge in [0.1, 0.15) is 5.01 Å². The normalized spacial score (nSPS) is 10.9. The maximum atomic E-state index is 12.1. The molecule has 0 radical (unpaired) electrons. The van der Waals surface area contributed by atoms with E-state index in [1.54, 1.807) is 16.0 Å². The van der Waals surface area contributed by atoms with Crippen molar-refractivity contribution in [3.8, 4) is 10.6 Å². The van der Waals surface area contributed by atoms with Crippen LogP contribution >= 0.6 is 11.3 Å². The Labute approximate surface area is 160 Å². The molecule has 0 aliphatic rings. The second kappa shape index (κ2) is 6.85. The van der Waals surface area contributed by atoms with Crippen LogP contribution in [0.1, 0.15) is 11.3 Å². The molecular weight excluding hydrogens is 358 g/mol. The number of aromatic nitrogens is 3. The number of urea groups is 1. The minimum absolute atomic E-state index is 0.323. The Bertz CT molecular complexity index is 1110. The molecule has 7 heteroatoms. The number of hydrogen-bond acceptors (Lipinski definition) is 4. The number of hydrogen-bond donors (Lipinski definition) is 2. The van der Waals surface area contributed by atoms with Crippen molar-refractivity contribution in [2.45, 2.75) is 13.8 Å². The Morgan fingerprint density at radius 2 is 1.81 bits per heavy atom. The summed E-state index contributed by atoms with van der Waals surface area (Å²) in [5, 5.41) is 10.7. The predicted molar refractivity (Wildman–Crippen MR) is 110 cm³/mol. The molecule has 136 valence electrons. The monoisotopic (exact) mass is 377 g/mol. The van der Waals surface area contributed by atoms with E-state index in [2.05, 4.69) is 39.8 Å². The number of fused-ring (bicyclic) bond motifs is 1. The molecule has 27 heavy (non-hydrogen) atoms. The number of thiazole rings is 1. The van der Waals surface area contributed by atoms with Crippen LogP contribution in [0.5, 0.6) is 0 Å². The van der Waals surface area contributed by atoms with Crippen molar-refractivity contribution in [2.75, 3.05) is 10.6 Å². The Balaban J connectivity index is 1.47. The van der Waals surface area contributed by atoms with Crippen LogP contribution in [0, 0.1) is 13.8 Å². The molecule has 0 saturated heterocycles. The molecule has 2 heterocycles. The number of benzene rings is 2. The van der Waals surface area contributed by atoms with Crippen molar-refractivity contribution < 1.29 is 4.79 Å². The van der Waals surface area contributed by atoms with Crippen LogP contribution in [0.4, 0.5) is 16.3 Å². The van der Waals surface area contributed by atoms with Crippen molar-refractivity contribution in [2.24, 2.45) is 7.05 Å². The summed E-state index contributed by atoms with van der Waals surface area (Å²) in [5.74, 6) is 0.522. The third kappa shape index (κ3) is 3.68. The molecule has 0 spiro atoms. The van der Waals surface area contributed by atoms with Gasteiger partial charge in [0.05, 0.1) is 10.2 Å². The molecule has 0 aliphatic carbocycles. The largest absolute Gasteiger partial charge is 0.324 e. The minimum Gasteiger partial charge on any atom is -0.308 e. The molecule has 0 bridgehead atoms. The SMILES string of the molecule is Cc1ccc2nc(-c3ccc(NC(=O)Nc4cc(C)n(C)n4)cc3)sc2c1. The van der Waals surface area contributed by atoms with E-state index in [9.17, 15) is 4.79 Å². The van der Waals surface area contributed by atoms with Crippen molar-refractivity contribution >= 4 is 39.1 Å². The van der Waals surface area contributed by atoms with Gasteiger partial charge in [-0.15, -0.1) is 11.3 Å². The average molecular weight is 377 g/mol. The van der Waals surface area contributed by atoms with Gasteiger partial charge in [0.15, 0.2) is 5.82 Å². The molecule has 2 N–H and O–H groups in total. The Morgan fingerprint density at radius 3 is 2.52 bits per heavy atom. The van der Waals surface area contributed by atoms with Crippen LogP contribution in [-0.2, 0) is 7.05 Å². The highest BCUT2D eigenvalue weighted by molar-refractivity contribution is 7.21. The lowest BCUT2D eigenvalue weighted by Crippen LogP contribution is -2.19. The lowest BCUT2D eigenvalue weighted by atomic mass is 10.2. The Kier molecular flexibility index (Phi) is 4.37. The average Bonchev–Trinajstić information content (AvgIpc) is 3.18. The van der Waals surface area contributed by atoms with Crippen LogP contribution in [-0.4, -0.2) is 20.8 Å². The second-order valence-electron chi connectivity index (χ2n) is 6.44. The van der Waals surface area contributed by atoms with Gasteiger partial charge in [-0.3, -0.25) is 10.00 Å². The highest BCUT2D eigenvalue weighted by Crippen LogP contribution is 2.31. The summed E-state index contributed by atoms with van der Waals surface area (Å²) in [7, 11) is 1.83. The van der Waals surface area contributed by atoms with Gasteiger partial charge in [0.25, 0.3) is 0 Å². The van der Waals surface area contributed by atoms with Gasteiger partial charge in [-0.25, -0.2) is 9.78 Å². The standard InChI is InChI=1S/C20H19N5OS/c1-12-4-9-16-17(10-12)27-19(22-16)14-5-7-15(8-6-14)21-20(26)23-18-11-13(2)25(3)24-18/h4-11H,1-3H3,(H2,21,23,24,26). The number of carbonyl (C=O) groups is 1. The second-order valence-corrected chi connectivity index (χ2v) is 7.47. The van der Waals surface area contributed by atoms with E-state index in [0.29, 0.717) is 11.5 Å². The smallest absolute Gasteiger partial charge is 0.308 e. The first kappa shape index (κ1) is 17.2. The first-order valence-corrected chi connectivity index (χ1v) is 9.36. The van der Waals surface area contributed by atoms with E-state index in [1.165, 1.54) is 10.3 Å². The predicted octanol–water partition coefficient (Wildman–Crippen LogP) is 4.96. The summed E-state index contributed by atoms with van der Waals surface area (Å²) < 4.78 is 2.89. The molecule has 0 fully saturated rings.